The van der Waals surface area contributed by atoms with Gasteiger partial charge in [0.05, 0.1) is 5.69 Å². The molecule has 0 aliphatic heterocycles. The van der Waals surface area contributed by atoms with Gasteiger partial charge in [-0.25, -0.2) is 9.37 Å². The van der Waals surface area contributed by atoms with Gasteiger partial charge in [-0.3, -0.25) is 4.79 Å². The minimum absolute atomic E-state index is 0.115. The van der Waals surface area contributed by atoms with Gasteiger partial charge in [-0.05, 0) is 44.2 Å². The van der Waals surface area contributed by atoms with Crippen molar-refractivity contribution in [1.82, 2.24) is 15.6 Å². The number of aromatic nitrogens is 1. The average molecular weight is 351 g/mol. The number of amides is 1. The van der Waals surface area contributed by atoms with Gasteiger partial charge in [0.25, 0.3) is 5.91 Å². The first-order valence-corrected chi connectivity index (χ1v) is 8.75. The molecule has 130 valence electrons. The zero-order valence-electron chi connectivity index (χ0n) is 13.9. The van der Waals surface area contributed by atoms with E-state index in [4.69, 9.17) is 4.74 Å². The van der Waals surface area contributed by atoms with Crippen LogP contribution in [-0.4, -0.2) is 30.5 Å². The van der Waals surface area contributed by atoms with Crippen molar-refractivity contribution in [3.63, 3.8) is 0 Å². The van der Waals surface area contributed by atoms with Crippen LogP contribution in [0.1, 0.15) is 33.7 Å². The smallest absolute Gasteiger partial charge is 0.263 e. The fraction of sp³-hybridized carbons (Fsp3) is 0.412. The molecule has 2 rings (SSSR count). The second-order valence-corrected chi connectivity index (χ2v) is 6.35. The summed E-state index contributed by atoms with van der Waals surface area (Å²) >= 11 is 1.32. The number of ether oxygens (including phenoxy) is 1. The number of nitrogens with zero attached hydrogens (tertiary/aromatic N) is 1. The van der Waals surface area contributed by atoms with Gasteiger partial charge in [0.2, 0.25) is 0 Å². The molecule has 0 spiro atoms. The number of rotatable bonds is 9. The van der Waals surface area contributed by atoms with Crippen LogP contribution < -0.4 is 15.4 Å². The number of nitrogens with one attached hydrogen (secondary N) is 2. The molecule has 2 N–H and O–H groups in total. The second kappa shape index (κ2) is 9.34. The molecule has 5 nitrogen and oxygen atoms in total. The third-order valence-electron chi connectivity index (χ3n) is 3.24. The number of hydrogen-bond acceptors (Lipinski definition) is 5. The number of halogens is 1. The van der Waals surface area contributed by atoms with Gasteiger partial charge in [0.15, 0.2) is 0 Å². The monoisotopic (exact) mass is 351 g/mol. The van der Waals surface area contributed by atoms with Crippen molar-refractivity contribution in [1.29, 1.82) is 0 Å². The molecule has 0 saturated carbocycles. The number of carbonyl (C=O) groups is 1. The molecular formula is C17H22FN3O2S. The van der Waals surface area contributed by atoms with E-state index in [1.165, 1.54) is 23.5 Å². The van der Waals surface area contributed by atoms with E-state index in [-0.39, 0.29) is 18.3 Å². The van der Waals surface area contributed by atoms with Gasteiger partial charge in [0.1, 0.15) is 28.1 Å². The van der Waals surface area contributed by atoms with Crippen molar-refractivity contribution in [2.24, 2.45) is 0 Å². The zero-order chi connectivity index (χ0) is 17.4. The predicted octanol–water partition coefficient (Wildman–Crippen LogP) is 2.90. The number of benzene rings is 1. The Balaban J connectivity index is 1.84. The van der Waals surface area contributed by atoms with Crippen molar-refractivity contribution < 1.29 is 13.9 Å². The lowest BCUT2D eigenvalue weighted by atomic mass is 10.3. The normalized spacial score (nSPS) is 10.6. The summed E-state index contributed by atoms with van der Waals surface area (Å²) in [7, 11) is 0. The van der Waals surface area contributed by atoms with Gasteiger partial charge in [0, 0.05) is 13.1 Å². The SMILES string of the molecule is CCCNCCNC(=O)c1sc(COc2ccc(F)cc2)nc1C. The third-order valence-corrected chi connectivity index (χ3v) is 4.37. The first-order valence-electron chi connectivity index (χ1n) is 7.93. The molecule has 1 heterocycles. The van der Waals surface area contributed by atoms with Crippen LogP contribution in [0.4, 0.5) is 4.39 Å². The van der Waals surface area contributed by atoms with Crippen molar-refractivity contribution >= 4 is 17.2 Å². The molecular weight excluding hydrogens is 329 g/mol. The molecule has 0 radical (unpaired) electrons. The summed E-state index contributed by atoms with van der Waals surface area (Å²) in [6, 6.07) is 5.81. The van der Waals surface area contributed by atoms with Crippen LogP contribution in [0.3, 0.4) is 0 Å². The molecule has 7 heteroatoms. The summed E-state index contributed by atoms with van der Waals surface area (Å²) < 4.78 is 18.4. The van der Waals surface area contributed by atoms with Gasteiger partial charge < -0.3 is 15.4 Å². The van der Waals surface area contributed by atoms with Crippen LogP contribution >= 0.6 is 11.3 Å². The average Bonchev–Trinajstić information content (AvgIpc) is 2.95. The van der Waals surface area contributed by atoms with Crippen LogP contribution in [0.5, 0.6) is 5.75 Å². The molecule has 0 fully saturated rings. The van der Waals surface area contributed by atoms with Crippen molar-refractivity contribution in [3.05, 3.63) is 45.7 Å². The topological polar surface area (TPSA) is 63.2 Å². The van der Waals surface area contributed by atoms with Gasteiger partial charge in [-0.2, -0.15) is 0 Å². The molecule has 2 aromatic rings. The lowest BCUT2D eigenvalue weighted by Crippen LogP contribution is -2.32. The lowest BCUT2D eigenvalue weighted by molar-refractivity contribution is 0.0957. The highest BCUT2D eigenvalue weighted by molar-refractivity contribution is 7.13. The van der Waals surface area contributed by atoms with Crippen molar-refractivity contribution in [2.45, 2.75) is 26.9 Å². The van der Waals surface area contributed by atoms with E-state index in [9.17, 15) is 9.18 Å². The van der Waals surface area contributed by atoms with Crippen LogP contribution in [0.2, 0.25) is 0 Å². The maximum atomic E-state index is 12.9. The third kappa shape index (κ3) is 5.58. The minimum atomic E-state index is -0.306. The first kappa shape index (κ1) is 18.4. The summed E-state index contributed by atoms with van der Waals surface area (Å²) in [6.07, 6.45) is 1.07. The van der Waals surface area contributed by atoms with E-state index in [1.54, 1.807) is 12.1 Å². The molecule has 1 amide bonds. The number of carbonyl (C=O) groups excluding carboxylic acids is 1. The predicted molar refractivity (Wildman–Crippen MR) is 93.1 cm³/mol. The molecule has 1 aromatic carbocycles. The molecule has 24 heavy (non-hydrogen) atoms. The molecule has 0 aliphatic carbocycles. The Labute approximate surface area is 145 Å². The summed E-state index contributed by atoms with van der Waals surface area (Å²) in [5.41, 5.74) is 0.691. The first-order chi connectivity index (χ1) is 11.6. The fourth-order valence-electron chi connectivity index (χ4n) is 2.05. The number of hydrogen-bond donors (Lipinski definition) is 2. The quantitative estimate of drug-likeness (QED) is 0.682. The van der Waals surface area contributed by atoms with Gasteiger partial charge in [-0.1, -0.05) is 6.92 Å². The Morgan fingerprint density at radius 3 is 2.71 bits per heavy atom. The van der Waals surface area contributed by atoms with Gasteiger partial charge in [-0.15, -0.1) is 11.3 Å². The second-order valence-electron chi connectivity index (χ2n) is 5.27. The van der Waals surface area contributed by atoms with Crippen LogP contribution in [-0.2, 0) is 6.61 Å². The Kier molecular flexibility index (Phi) is 7.14. The Hall–Kier alpha value is -1.99. The molecule has 0 atom stereocenters. The highest BCUT2D eigenvalue weighted by Crippen LogP contribution is 2.20. The van der Waals surface area contributed by atoms with Crippen LogP contribution in [0, 0.1) is 12.7 Å². The van der Waals surface area contributed by atoms with Crippen molar-refractivity contribution in [2.75, 3.05) is 19.6 Å². The zero-order valence-corrected chi connectivity index (χ0v) is 14.7. The lowest BCUT2D eigenvalue weighted by Gasteiger charge is -2.05. The molecule has 0 unspecified atom stereocenters. The summed E-state index contributed by atoms with van der Waals surface area (Å²) in [5, 5.41) is 6.82. The maximum Gasteiger partial charge on any atom is 0.263 e. The molecule has 0 bridgehead atoms. The Morgan fingerprint density at radius 2 is 2.00 bits per heavy atom. The van der Waals surface area contributed by atoms with E-state index in [2.05, 4.69) is 22.5 Å². The Bertz CT molecular complexity index is 658. The van der Waals surface area contributed by atoms with Crippen LogP contribution in [0.25, 0.3) is 0 Å². The van der Waals surface area contributed by atoms with E-state index in [1.807, 2.05) is 6.92 Å². The minimum Gasteiger partial charge on any atom is -0.486 e. The maximum absolute atomic E-state index is 12.9. The number of aryl methyl sites for hydroxylation is 1. The largest absolute Gasteiger partial charge is 0.486 e. The van der Waals surface area contributed by atoms with Crippen molar-refractivity contribution in [3.8, 4) is 5.75 Å². The van der Waals surface area contributed by atoms with E-state index in [0.29, 0.717) is 27.9 Å². The van der Waals surface area contributed by atoms with Gasteiger partial charge >= 0.3 is 0 Å². The molecule has 1 aromatic heterocycles. The fourth-order valence-corrected chi connectivity index (χ4v) is 2.94. The molecule has 0 aliphatic rings. The Morgan fingerprint density at radius 1 is 1.25 bits per heavy atom. The highest BCUT2D eigenvalue weighted by atomic mass is 32.1. The summed E-state index contributed by atoms with van der Waals surface area (Å²) in [4.78, 5) is 17.1. The van der Waals surface area contributed by atoms with E-state index >= 15 is 0 Å². The summed E-state index contributed by atoms with van der Waals surface area (Å²) in [5.74, 6) is 0.147. The van der Waals surface area contributed by atoms with E-state index in [0.717, 1.165) is 19.5 Å². The standard InChI is InChI=1S/C17H22FN3O2S/c1-3-8-19-9-10-20-17(22)16-12(2)21-15(24-16)11-23-14-6-4-13(18)5-7-14/h4-7,19H,3,8-11H2,1-2H3,(H,20,22). The summed E-state index contributed by atoms with van der Waals surface area (Å²) in [6.45, 7) is 6.43. The highest BCUT2D eigenvalue weighted by Gasteiger charge is 2.15. The van der Waals surface area contributed by atoms with E-state index < -0.39 is 0 Å². The van der Waals surface area contributed by atoms with Crippen LogP contribution in [0.15, 0.2) is 24.3 Å². The number of thiazole rings is 1. The molecule has 0 saturated heterocycles.